The average molecular weight is 415 g/mol. The fourth-order valence-corrected chi connectivity index (χ4v) is 4.08. The van der Waals surface area contributed by atoms with Crippen molar-refractivity contribution in [3.8, 4) is 22.9 Å². The monoisotopic (exact) mass is 415 g/mol. The zero-order valence-electron chi connectivity index (χ0n) is 16.1. The first-order valence-corrected chi connectivity index (χ1v) is 10.1. The number of ether oxygens (including phenoxy) is 2. The van der Waals surface area contributed by atoms with E-state index in [0.717, 1.165) is 0 Å². The smallest absolute Gasteiger partial charge is 0.243 e. The quantitative estimate of drug-likeness (QED) is 0.496. The standard InChI is InChI=1S/C20H21N3O5S/c1-4-12-23(29(24,25)16-8-6-5-7-9-16)14-19-21-20(22-28-19)15-10-11-17(26-2)18(13-15)27-3/h4-11,13H,1,12,14H2,2-3H3. The van der Waals surface area contributed by atoms with Crippen LogP contribution in [0.4, 0.5) is 0 Å². The molecule has 1 heterocycles. The van der Waals surface area contributed by atoms with Gasteiger partial charge in [0.15, 0.2) is 11.5 Å². The number of hydrogen-bond donors (Lipinski definition) is 0. The first-order valence-electron chi connectivity index (χ1n) is 8.70. The number of hydrogen-bond acceptors (Lipinski definition) is 7. The highest BCUT2D eigenvalue weighted by atomic mass is 32.2. The second-order valence-corrected chi connectivity index (χ2v) is 7.92. The van der Waals surface area contributed by atoms with Gasteiger partial charge in [-0.3, -0.25) is 0 Å². The normalized spacial score (nSPS) is 11.4. The molecular weight excluding hydrogens is 394 g/mol. The molecule has 0 saturated carbocycles. The Kier molecular flexibility index (Phi) is 6.30. The Balaban J connectivity index is 1.86. The minimum atomic E-state index is -3.74. The second kappa shape index (κ2) is 8.89. The van der Waals surface area contributed by atoms with Gasteiger partial charge in [-0.05, 0) is 30.3 Å². The van der Waals surface area contributed by atoms with Crippen LogP contribution in [0, 0.1) is 0 Å². The number of nitrogens with zero attached hydrogens (tertiary/aromatic N) is 3. The van der Waals surface area contributed by atoms with Gasteiger partial charge in [-0.1, -0.05) is 29.4 Å². The predicted molar refractivity (Wildman–Crippen MR) is 107 cm³/mol. The predicted octanol–water partition coefficient (Wildman–Crippen LogP) is 3.13. The number of benzene rings is 2. The molecule has 0 aliphatic rings. The van der Waals surface area contributed by atoms with Crippen LogP contribution in [0.5, 0.6) is 11.5 Å². The summed E-state index contributed by atoms with van der Waals surface area (Å²) in [5.74, 6) is 1.58. The van der Waals surface area contributed by atoms with Gasteiger partial charge in [0.05, 0.1) is 25.7 Å². The fourth-order valence-electron chi connectivity index (χ4n) is 2.70. The van der Waals surface area contributed by atoms with E-state index >= 15 is 0 Å². The van der Waals surface area contributed by atoms with Crippen LogP contribution in [0.2, 0.25) is 0 Å². The molecule has 0 saturated heterocycles. The fraction of sp³-hybridized carbons (Fsp3) is 0.200. The SMILES string of the molecule is C=CCN(Cc1nc(-c2ccc(OC)c(OC)c2)no1)S(=O)(=O)c1ccccc1. The summed E-state index contributed by atoms with van der Waals surface area (Å²) in [5.41, 5.74) is 0.652. The maximum Gasteiger partial charge on any atom is 0.243 e. The van der Waals surface area contributed by atoms with Crippen molar-refractivity contribution >= 4 is 10.0 Å². The molecule has 2 aromatic carbocycles. The molecule has 1 aromatic heterocycles. The summed E-state index contributed by atoms with van der Waals surface area (Å²) in [5, 5.41) is 3.96. The Hall–Kier alpha value is -3.17. The zero-order valence-corrected chi connectivity index (χ0v) is 16.9. The van der Waals surface area contributed by atoms with Crippen molar-refractivity contribution in [1.29, 1.82) is 0 Å². The van der Waals surface area contributed by atoms with E-state index < -0.39 is 10.0 Å². The first kappa shape index (κ1) is 20.6. The molecule has 29 heavy (non-hydrogen) atoms. The maximum atomic E-state index is 12.9. The molecule has 3 rings (SSSR count). The summed E-state index contributed by atoms with van der Waals surface area (Å²) in [6, 6.07) is 13.4. The summed E-state index contributed by atoms with van der Waals surface area (Å²) in [6.07, 6.45) is 1.51. The largest absolute Gasteiger partial charge is 0.493 e. The molecule has 0 aliphatic carbocycles. The van der Waals surface area contributed by atoms with Gasteiger partial charge in [-0.25, -0.2) is 8.42 Å². The van der Waals surface area contributed by atoms with Gasteiger partial charge in [-0.15, -0.1) is 6.58 Å². The van der Waals surface area contributed by atoms with Gasteiger partial charge in [0.2, 0.25) is 21.7 Å². The van der Waals surface area contributed by atoms with E-state index in [-0.39, 0.29) is 23.9 Å². The maximum absolute atomic E-state index is 12.9. The lowest BCUT2D eigenvalue weighted by molar-refractivity contribution is 0.327. The van der Waals surface area contributed by atoms with Crippen molar-refractivity contribution in [2.75, 3.05) is 20.8 Å². The molecule has 0 N–H and O–H groups in total. The molecule has 0 aliphatic heterocycles. The zero-order chi connectivity index (χ0) is 20.9. The van der Waals surface area contributed by atoms with Gasteiger partial charge < -0.3 is 14.0 Å². The highest BCUT2D eigenvalue weighted by Gasteiger charge is 2.25. The topological polar surface area (TPSA) is 94.8 Å². The van der Waals surface area contributed by atoms with E-state index in [2.05, 4.69) is 16.7 Å². The molecule has 0 bridgehead atoms. The van der Waals surface area contributed by atoms with E-state index in [1.165, 1.54) is 29.6 Å². The molecule has 8 nitrogen and oxygen atoms in total. The van der Waals surface area contributed by atoms with Crippen molar-refractivity contribution in [2.24, 2.45) is 0 Å². The number of rotatable bonds is 9. The van der Waals surface area contributed by atoms with Crippen LogP contribution in [-0.2, 0) is 16.6 Å². The third kappa shape index (κ3) is 4.47. The molecular formula is C20H21N3O5S. The summed E-state index contributed by atoms with van der Waals surface area (Å²) in [4.78, 5) is 4.51. The van der Waals surface area contributed by atoms with Gasteiger partial charge in [0.1, 0.15) is 0 Å². The molecule has 0 spiro atoms. The van der Waals surface area contributed by atoms with Crippen molar-refractivity contribution in [1.82, 2.24) is 14.4 Å². The minimum Gasteiger partial charge on any atom is -0.493 e. The van der Waals surface area contributed by atoms with Crippen LogP contribution < -0.4 is 9.47 Å². The third-order valence-corrected chi connectivity index (χ3v) is 5.96. The summed E-state index contributed by atoms with van der Waals surface area (Å²) in [7, 11) is -0.659. The lowest BCUT2D eigenvalue weighted by Gasteiger charge is -2.18. The van der Waals surface area contributed by atoms with E-state index in [0.29, 0.717) is 22.9 Å². The molecule has 0 radical (unpaired) electrons. The van der Waals surface area contributed by atoms with Crippen LogP contribution >= 0.6 is 0 Å². The van der Waals surface area contributed by atoms with Crippen molar-refractivity contribution in [3.05, 3.63) is 67.1 Å². The van der Waals surface area contributed by atoms with Crippen molar-refractivity contribution in [2.45, 2.75) is 11.4 Å². The Morgan fingerprint density at radius 1 is 1.10 bits per heavy atom. The molecule has 3 aromatic rings. The van der Waals surface area contributed by atoms with Crippen LogP contribution in [0.3, 0.4) is 0 Å². The third-order valence-electron chi connectivity index (χ3n) is 4.14. The number of methoxy groups -OCH3 is 2. The van der Waals surface area contributed by atoms with Gasteiger partial charge in [-0.2, -0.15) is 9.29 Å². The Morgan fingerprint density at radius 3 is 2.48 bits per heavy atom. The summed E-state index contributed by atoms with van der Waals surface area (Å²) >= 11 is 0. The Labute approximate surface area is 169 Å². The van der Waals surface area contributed by atoms with Crippen LogP contribution in [-0.4, -0.2) is 43.6 Å². The van der Waals surface area contributed by atoms with E-state index in [9.17, 15) is 8.42 Å². The molecule has 0 amide bonds. The highest BCUT2D eigenvalue weighted by Crippen LogP contribution is 2.31. The highest BCUT2D eigenvalue weighted by molar-refractivity contribution is 7.89. The minimum absolute atomic E-state index is 0.0798. The lowest BCUT2D eigenvalue weighted by Crippen LogP contribution is -2.31. The molecule has 9 heteroatoms. The Morgan fingerprint density at radius 2 is 1.83 bits per heavy atom. The molecule has 0 atom stereocenters. The van der Waals surface area contributed by atoms with Crippen molar-refractivity contribution < 1.29 is 22.4 Å². The first-order chi connectivity index (χ1) is 14.0. The van der Waals surface area contributed by atoms with Gasteiger partial charge in [0, 0.05) is 12.1 Å². The van der Waals surface area contributed by atoms with E-state index in [1.807, 2.05) is 0 Å². The molecule has 152 valence electrons. The molecule has 0 unspecified atom stereocenters. The average Bonchev–Trinajstić information content (AvgIpc) is 3.22. The van der Waals surface area contributed by atoms with Gasteiger partial charge >= 0.3 is 0 Å². The second-order valence-electron chi connectivity index (χ2n) is 5.98. The summed E-state index contributed by atoms with van der Waals surface area (Å²) in [6.45, 7) is 3.66. The van der Waals surface area contributed by atoms with Crippen LogP contribution in [0.1, 0.15) is 5.89 Å². The van der Waals surface area contributed by atoms with E-state index in [1.54, 1.807) is 43.5 Å². The lowest BCUT2D eigenvalue weighted by atomic mass is 10.2. The number of sulfonamides is 1. The Bertz CT molecular complexity index is 1080. The molecule has 0 fully saturated rings. The van der Waals surface area contributed by atoms with Gasteiger partial charge in [0.25, 0.3) is 0 Å². The van der Waals surface area contributed by atoms with Crippen molar-refractivity contribution in [3.63, 3.8) is 0 Å². The summed E-state index contributed by atoms with van der Waals surface area (Å²) < 4.78 is 42.8. The van der Waals surface area contributed by atoms with Crippen LogP contribution in [0.25, 0.3) is 11.4 Å². The van der Waals surface area contributed by atoms with Crippen LogP contribution in [0.15, 0.2) is 70.6 Å². The van der Waals surface area contributed by atoms with E-state index in [4.69, 9.17) is 14.0 Å². The number of aromatic nitrogens is 2.